The number of furan rings is 1. The summed E-state index contributed by atoms with van der Waals surface area (Å²) in [5.74, 6) is -0.567. The summed E-state index contributed by atoms with van der Waals surface area (Å²) in [6, 6.07) is 2.90. The van der Waals surface area contributed by atoms with E-state index in [1.165, 1.54) is 18.4 Å². The Balaban J connectivity index is 2.75. The molecule has 0 radical (unpaired) electrons. The Morgan fingerprint density at radius 1 is 1.60 bits per heavy atom. The lowest BCUT2D eigenvalue weighted by Gasteiger charge is -1.86. The molecule has 0 amide bonds. The first-order valence-corrected chi connectivity index (χ1v) is 4.08. The molecule has 0 N–H and O–H groups in total. The molecule has 1 aromatic rings. The van der Waals surface area contributed by atoms with E-state index < -0.39 is 16.0 Å². The predicted molar refractivity (Wildman–Crippen MR) is 32.4 cm³/mol. The van der Waals surface area contributed by atoms with Crippen molar-refractivity contribution < 1.29 is 16.7 Å². The molecule has 0 aliphatic rings. The van der Waals surface area contributed by atoms with E-state index in [0.717, 1.165) is 0 Å². The van der Waals surface area contributed by atoms with Crippen LogP contribution < -0.4 is 0 Å². The maximum atomic E-state index is 11.9. The zero-order valence-electron chi connectivity index (χ0n) is 4.95. The predicted octanol–water partition coefficient (Wildman–Crippen LogP) is 1.08. The summed E-state index contributed by atoms with van der Waals surface area (Å²) in [5.41, 5.74) is 0. The van der Waals surface area contributed by atoms with Crippen LogP contribution in [0.15, 0.2) is 22.8 Å². The zero-order valence-corrected chi connectivity index (χ0v) is 5.77. The Bertz CT molecular complexity index is 287. The summed E-state index contributed by atoms with van der Waals surface area (Å²) in [7, 11) is -4.44. The average Bonchev–Trinajstić information content (AvgIpc) is 2.12. The molecule has 0 saturated heterocycles. The van der Waals surface area contributed by atoms with Gasteiger partial charge in [0, 0.05) is 0 Å². The van der Waals surface area contributed by atoms with E-state index in [2.05, 4.69) is 4.42 Å². The van der Waals surface area contributed by atoms with Gasteiger partial charge in [-0.25, -0.2) is 0 Å². The maximum absolute atomic E-state index is 11.9. The highest BCUT2D eigenvalue weighted by Gasteiger charge is 2.09. The van der Waals surface area contributed by atoms with Gasteiger partial charge < -0.3 is 4.42 Å². The number of hydrogen-bond acceptors (Lipinski definition) is 3. The van der Waals surface area contributed by atoms with Gasteiger partial charge in [-0.15, -0.1) is 3.89 Å². The normalized spacial score (nSPS) is 11.7. The molecule has 3 nitrogen and oxygen atoms in total. The molecule has 0 fully saturated rings. The van der Waals surface area contributed by atoms with Crippen LogP contribution in [0.25, 0.3) is 0 Å². The minimum Gasteiger partial charge on any atom is -0.468 e. The molecular formula is C5H5FO3S. The van der Waals surface area contributed by atoms with Crippen LogP contribution in [0.2, 0.25) is 0 Å². The molecule has 0 atom stereocenters. The maximum Gasteiger partial charge on any atom is 0.309 e. The van der Waals surface area contributed by atoms with Gasteiger partial charge in [0.25, 0.3) is 0 Å². The van der Waals surface area contributed by atoms with Gasteiger partial charge in [0.1, 0.15) is 11.5 Å². The van der Waals surface area contributed by atoms with Gasteiger partial charge in [0.05, 0.1) is 6.26 Å². The van der Waals surface area contributed by atoms with Crippen LogP contribution in [-0.2, 0) is 16.0 Å². The second-order valence-corrected chi connectivity index (χ2v) is 3.13. The number of rotatable bonds is 2. The highest BCUT2D eigenvalue weighted by Crippen LogP contribution is 2.06. The van der Waals surface area contributed by atoms with E-state index in [1.807, 2.05) is 0 Å². The van der Waals surface area contributed by atoms with E-state index in [1.54, 1.807) is 0 Å². The molecule has 0 aromatic carbocycles. The molecule has 1 rings (SSSR count). The topological polar surface area (TPSA) is 47.3 Å². The van der Waals surface area contributed by atoms with E-state index in [-0.39, 0.29) is 5.76 Å². The summed E-state index contributed by atoms with van der Waals surface area (Å²) in [4.78, 5) is 0. The third-order valence-corrected chi connectivity index (χ3v) is 1.52. The molecule has 0 spiro atoms. The Morgan fingerprint density at radius 3 is 2.70 bits per heavy atom. The largest absolute Gasteiger partial charge is 0.468 e. The van der Waals surface area contributed by atoms with Gasteiger partial charge in [0.15, 0.2) is 0 Å². The Labute approximate surface area is 57.7 Å². The quantitative estimate of drug-likeness (QED) is 0.614. The van der Waals surface area contributed by atoms with Gasteiger partial charge in [-0.05, 0) is 12.1 Å². The first kappa shape index (κ1) is 7.27. The highest BCUT2D eigenvalue weighted by molar-refractivity contribution is 7.85. The average molecular weight is 164 g/mol. The number of hydrogen-bond donors (Lipinski definition) is 0. The molecule has 5 heteroatoms. The molecule has 1 heterocycles. The molecular weight excluding hydrogens is 159 g/mol. The van der Waals surface area contributed by atoms with Crippen molar-refractivity contribution in [1.82, 2.24) is 0 Å². The second-order valence-electron chi connectivity index (χ2n) is 1.76. The van der Waals surface area contributed by atoms with Gasteiger partial charge in [0.2, 0.25) is 0 Å². The van der Waals surface area contributed by atoms with Gasteiger partial charge in [-0.1, -0.05) is 0 Å². The Hall–Kier alpha value is -0.840. The summed E-state index contributed by atoms with van der Waals surface area (Å²) in [5, 5.41) is 0. The Kier molecular flexibility index (Phi) is 1.76. The van der Waals surface area contributed by atoms with Gasteiger partial charge >= 0.3 is 10.2 Å². The zero-order chi connectivity index (χ0) is 7.61. The van der Waals surface area contributed by atoms with Crippen LogP contribution in [-0.4, -0.2) is 8.42 Å². The summed E-state index contributed by atoms with van der Waals surface area (Å²) >= 11 is 0. The van der Waals surface area contributed by atoms with Crippen molar-refractivity contribution in [3.8, 4) is 0 Å². The summed E-state index contributed by atoms with van der Waals surface area (Å²) in [6.07, 6.45) is 1.29. The minimum absolute atomic E-state index is 0.113. The second kappa shape index (κ2) is 2.42. The van der Waals surface area contributed by atoms with Crippen LogP contribution in [0, 0.1) is 0 Å². The van der Waals surface area contributed by atoms with Crippen LogP contribution in [0.3, 0.4) is 0 Å². The standard InChI is InChI=1S/C5H5FO3S/c6-10(7,8)4-5-2-1-3-9-5/h1-3H,4H2. The lowest BCUT2D eigenvalue weighted by Crippen LogP contribution is -1.93. The van der Waals surface area contributed by atoms with E-state index in [4.69, 9.17) is 0 Å². The fourth-order valence-electron chi connectivity index (χ4n) is 0.565. The SMILES string of the molecule is O=S(=O)(F)Cc1ccco1. The molecule has 0 unspecified atom stereocenters. The fraction of sp³-hybridized carbons (Fsp3) is 0.200. The lowest BCUT2D eigenvalue weighted by molar-refractivity contribution is 0.508. The van der Waals surface area contributed by atoms with Crippen LogP contribution in [0.1, 0.15) is 5.76 Å². The third-order valence-electron chi connectivity index (χ3n) is 0.895. The molecule has 0 aliphatic heterocycles. The first-order chi connectivity index (χ1) is 4.58. The molecule has 0 bridgehead atoms. The Morgan fingerprint density at radius 2 is 2.30 bits per heavy atom. The summed E-state index contributed by atoms with van der Waals surface area (Å²) in [6.45, 7) is 0. The monoisotopic (exact) mass is 164 g/mol. The first-order valence-electron chi connectivity index (χ1n) is 2.53. The van der Waals surface area contributed by atoms with Gasteiger partial charge in [-0.3, -0.25) is 0 Å². The van der Waals surface area contributed by atoms with E-state index >= 15 is 0 Å². The van der Waals surface area contributed by atoms with Crippen molar-refractivity contribution in [3.63, 3.8) is 0 Å². The van der Waals surface area contributed by atoms with E-state index in [9.17, 15) is 12.3 Å². The lowest BCUT2D eigenvalue weighted by atomic mass is 10.5. The van der Waals surface area contributed by atoms with Crippen molar-refractivity contribution in [2.45, 2.75) is 5.75 Å². The highest BCUT2D eigenvalue weighted by atomic mass is 32.3. The van der Waals surface area contributed by atoms with Crippen molar-refractivity contribution in [2.75, 3.05) is 0 Å². The minimum atomic E-state index is -4.44. The van der Waals surface area contributed by atoms with Gasteiger partial charge in [-0.2, -0.15) is 8.42 Å². The van der Waals surface area contributed by atoms with E-state index in [0.29, 0.717) is 0 Å². The molecule has 1 aromatic heterocycles. The smallest absolute Gasteiger partial charge is 0.309 e. The molecule has 10 heavy (non-hydrogen) atoms. The van der Waals surface area contributed by atoms with Crippen LogP contribution in [0.4, 0.5) is 3.89 Å². The van der Waals surface area contributed by atoms with Crippen LogP contribution in [0.5, 0.6) is 0 Å². The summed E-state index contributed by atoms with van der Waals surface area (Å²) < 4.78 is 36.4. The molecule has 0 saturated carbocycles. The molecule has 0 aliphatic carbocycles. The van der Waals surface area contributed by atoms with Crippen molar-refractivity contribution in [2.24, 2.45) is 0 Å². The van der Waals surface area contributed by atoms with Crippen molar-refractivity contribution in [1.29, 1.82) is 0 Å². The molecule has 56 valence electrons. The third kappa shape index (κ3) is 2.18. The fourth-order valence-corrected chi connectivity index (χ4v) is 1.07. The van der Waals surface area contributed by atoms with Crippen LogP contribution >= 0.6 is 0 Å². The number of halogens is 1. The van der Waals surface area contributed by atoms with Crippen molar-refractivity contribution in [3.05, 3.63) is 24.2 Å². The van der Waals surface area contributed by atoms with Crippen molar-refractivity contribution >= 4 is 10.2 Å².